The highest BCUT2D eigenvalue weighted by molar-refractivity contribution is 7.07. The molecule has 33 heavy (non-hydrogen) atoms. The Kier molecular flexibility index (Phi) is 7.87. The zero-order valence-electron chi connectivity index (χ0n) is 20.6. The molecule has 0 spiro atoms. The Bertz CT molecular complexity index is 1100. The van der Waals surface area contributed by atoms with Crippen molar-refractivity contribution < 1.29 is 14.3 Å². The average molecular weight is 468 g/mol. The first-order chi connectivity index (χ1) is 15.6. The van der Waals surface area contributed by atoms with E-state index in [-0.39, 0.29) is 5.41 Å². The van der Waals surface area contributed by atoms with E-state index in [9.17, 15) is 4.79 Å². The quantitative estimate of drug-likeness (QED) is 0.385. The molecular weight excluding hydrogens is 434 g/mol. The number of hydrogen-bond donors (Lipinski definition) is 0. The van der Waals surface area contributed by atoms with E-state index in [2.05, 4.69) is 61.1 Å². The lowest BCUT2D eigenvalue weighted by Gasteiger charge is -2.18. The Morgan fingerprint density at radius 3 is 2.45 bits per heavy atom. The number of ether oxygens (including phenoxy) is 2. The minimum atomic E-state index is -0.433. The molecule has 0 aliphatic carbocycles. The van der Waals surface area contributed by atoms with Gasteiger partial charge in [-0.3, -0.25) is 0 Å². The van der Waals surface area contributed by atoms with Crippen molar-refractivity contribution in [1.29, 1.82) is 0 Å². The summed E-state index contributed by atoms with van der Waals surface area (Å²) in [7, 11) is 3.46. The van der Waals surface area contributed by atoms with E-state index in [1.807, 2.05) is 31.2 Å². The summed E-state index contributed by atoms with van der Waals surface area (Å²) >= 11 is 1.16. The number of carbonyl (C=O) groups excluding carboxylic acids is 1. The smallest absolute Gasteiger partial charge is 0.341 e. The highest BCUT2D eigenvalue weighted by Crippen LogP contribution is 2.32. The Balaban J connectivity index is 1.85. The van der Waals surface area contributed by atoms with Crippen molar-refractivity contribution in [2.24, 2.45) is 0 Å². The molecule has 3 rings (SSSR count). The van der Waals surface area contributed by atoms with E-state index in [4.69, 9.17) is 9.47 Å². The number of likely N-dealkylation sites (N-methyl/N-ethyl adjacent to an activating group) is 1. The van der Waals surface area contributed by atoms with Gasteiger partial charge in [-0.1, -0.05) is 52.0 Å². The van der Waals surface area contributed by atoms with Crippen LogP contribution in [-0.4, -0.2) is 47.5 Å². The number of hydrogen-bond acceptors (Lipinski definition) is 7. The van der Waals surface area contributed by atoms with Crippen molar-refractivity contribution in [3.63, 3.8) is 0 Å². The number of aryl methyl sites for hydroxylation is 1. The highest BCUT2D eigenvalue weighted by atomic mass is 32.1. The number of rotatable bonds is 8. The molecule has 0 unspecified atom stereocenters. The lowest BCUT2D eigenvalue weighted by Crippen LogP contribution is -2.21. The molecule has 1 heterocycles. The van der Waals surface area contributed by atoms with Gasteiger partial charge in [-0.25, -0.2) is 4.79 Å². The third-order valence-corrected chi connectivity index (χ3v) is 6.35. The SMILES string of the molecule is CCN(C)CCc1cc(C(=O)OC)c(Oc2nc(-c3ccc(C(C)(C)C)cc3)ns2)cc1C. The highest BCUT2D eigenvalue weighted by Gasteiger charge is 2.19. The standard InChI is InChI=1S/C26H33N3O3S/c1-8-29(6)14-13-19-16-21(24(30)31-7)22(15-17(19)2)32-25-27-23(28-33-25)18-9-11-20(12-10-18)26(3,4)5/h9-12,15-16H,8,13-14H2,1-7H3. The van der Waals surface area contributed by atoms with Crippen molar-refractivity contribution in [2.45, 2.75) is 46.5 Å². The van der Waals surface area contributed by atoms with Crippen LogP contribution in [0.1, 0.15) is 54.7 Å². The summed E-state index contributed by atoms with van der Waals surface area (Å²) in [5, 5.41) is 0.382. The molecule has 0 amide bonds. The second kappa shape index (κ2) is 10.4. The zero-order valence-corrected chi connectivity index (χ0v) is 21.4. The first kappa shape index (κ1) is 24.9. The molecular formula is C26H33N3O3S. The number of carbonyl (C=O) groups is 1. The van der Waals surface area contributed by atoms with Crippen molar-refractivity contribution in [3.8, 4) is 22.3 Å². The fourth-order valence-electron chi connectivity index (χ4n) is 3.40. The average Bonchev–Trinajstić information content (AvgIpc) is 3.25. The fourth-order valence-corrected chi connectivity index (χ4v) is 3.97. The number of nitrogens with zero attached hydrogens (tertiary/aromatic N) is 3. The van der Waals surface area contributed by atoms with Crippen molar-refractivity contribution in [1.82, 2.24) is 14.3 Å². The first-order valence-electron chi connectivity index (χ1n) is 11.1. The Labute approximate surface area is 200 Å². The Hall–Kier alpha value is -2.77. The summed E-state index contributed by atoms with van der Waals surface area (Å²) < 4.78 is 15.5. The van der Waals surface area contributed by atoms with Crippen LogP contribution in [0.3, 0.4) is 0 Å². The van der Waals surface area contributed by atoms with Gasteiger partial charge in [0.1, 0.15) is 11.3 Å². The van der Waals surface area contributed by atoms with Gasteiger partial charge < -0.3 is 14.4 Å². The predicted molar refractivity (Wildman–Crippen MR) is 134 cm³/mol. The summed E-state index contributed by atoms with van der Waals surface area (Å²) in [4.78, 5) is 19.3. The maximum Gasteiger partial charge on any atom is 0.341 e. The minimum Gasteiger partial charge on any atom is -0.465 e. The number of benzene rings is 2. The third-order valence-electron chi connectivity index (χ3n) is 5.76. The van der Waals surface area contributed by atoms with E-state index >= 15 is 0 Å². The number of esters is 1. The minimum absolute atomic E-state index is 0.0859. The lowest BCUT2D eigenvalue weighted by atomic mass is 9.87. The second-order valence-corrected chi connectivity index (χ2v) is 9.94. The predicted octanol–water partition coefficient (Wildman–Crippen LogP) is 5.88. The topological polar surface area (TPSA) is 64.6 Å². The van der Waals surface area contributed by atoms with E-state index in [1.54, 1.807) is 0 Å². The van der Waals surface area contributed by atoms with E-state index in [0.29, 0.717) is 22.3 Å². The van der Waals surface area contributed by atoms with Crippen LogP contribution in [0.25, 0.3) is 11.4 Å². The monoisotopic (exact) mass is 467 g/mol. The molecule has 6 nitrogen and oxygen atoms in total. The molecule has 0 saturated heterocycles. The van der Waals surface area contributed by atoms with Gasteiger partial charge in [0.2, 0.25) is 0 Å². The van der Waals surface area contributed by atoms with E-state index < -0.39 is 5.97 Å². The van der Waals surface area contributed by atoms with E-state index in [0.717, 1.165) is 47.7 Å². The third kappa shape index (κ3) is 6.18. The molecule has 0 atom stereocenters. The molecule has 1 aromatic heterocycles. The van der Waals surface area contributed by atoms with Crippen LogP contribution < -0.4 is 4.74 Å². The molecule has 0 bridgehead atoms. The van der Waals surface area contributed by atoms with Crippen LogP contribution >= 0.6 is 11.5 Å². The zero-order chi connectivity index (χ0) is 24.2. The summed E-state index contributed by atoms with van der Waals surface area (Å²) in [5.74, 6) is 0.598. The van der Waals surface area contributed by atoms with E-state index in [1.165, 1.54) is 12.7 Å². The molecule has 0 aliphatic heterocycles. The van der Waals surface area contributed by atoms with Gasteiger partial charge in [0, 0.05) is 23.6 Å². The maximum absolute atomic E-state index is 12.5. The van der Waals surface area contributed by atoms with Gasteiger partial charge in [0.05, 0.1) is 7.11 Å². The van der Waals surface area contributed by atoms with Gasteiger partial charge >= 0.3 is 5.97 Å². The van der Waals surface area contributed by atoms with Crippen molar-refractivity contribution in [2.75, 3.05) is 27.2 Å². The maximum atomic E-state index is 12.5. The molecule has 0 aliphatic rings. The molecule has 7 heteroatoms. The molecule has 0 saturated carbocycles. The summed E-state index contributed by atoms with van der Waals surface area (Å²) in [6.45, 7) is 12.6. The van der Waals surface area contributed by atoms with Gasteiger partial charge in [-0.2, -0.15) is 9.36 Å². The van der Waals surface area contributed by atoms with Crippen LogP contribution in [0, 0.1) is 6.92 Å². The van der Waals surface area contributed by atoms with Gasteiger partial charge in [-0.15, -0.1) is 0 Å². The van der Waals surface area contributed by atoms with Crippen LogP contribution in [0.5, 0.6) is 10.9 Å². The molecule has 0 N–H and O–H groups in total. The van der Waals surface area contributed by atoms with Crippen LogP contribution in [0.4, 0.5) is 0 Å². The van der Waals surface area contributed by atoms with Crippen molar-refractivity contribution >= 4 is 17.5 Å². The summed E-state index contributed by atoms with van der Waals surface area (Å²) in [6.07, 6.45) is 0.841. The van der Waals surface area contributed by atoms with Gasteiger partial charge in [0.15, 0.2) is 5.82 Å². The largest absolute Gasteiger partial charge is 0.465 e. The number of methoxy groups -OCH3 is 1. The number of aromatic nitrogens is 2. The second-order valence-electron chi connectivity index (χ2n) is 9.23. The van der Waals surface area contributed by atoms with Crippen molar-refractivity contribution in [3.05, 3.63) is 58.7 Å². The Morgan fingerprint density at radius 2 is 1.85 bits per heavy atom. The summed E-state index contributed by atoms with van der Waals surface area (Å²) in [6, 6.07) is 12.0. The molecule has 0 radical (unpaired) electrons. The van der Waals surface area contributed by atoms with Gasteiger partial charge in [-0.05, 0) is 61.2 Å². The Morgan fingerprint density at radius 1 is 1.15 bits per heavy atom. The van der Waals surface area contributed by atoms with Crippen LogP contribution in [0.15, 0.2) is 36.4 Å². The summed E-state index contributed by atoms with van der Waals surface area (Å²) in [5.41, 5.74) is 4.81. The normalized spacial score (nSPS) is 11.6. The molecule has 176 valence electrons. The fraction of sp³-hybridized carbons (Fsp3) is 0.423. The van der Waals surface area contributed by atoms with Crippen LogP contribution in [0.2, 0.25) is 0 Å². The molecule has 0 fully saturated rings. The lowest BCUT2D eigenvalue weighted by molar-refractivity contribution is 0.0597. The molecule has 2 aromatic carbocycles. The van der Waals surface area contributed by atoms with Crippen LogP contribution in [-0.2, 0) is 16.6 Å². The first-order valence-corrected chi connectivity index (χ1v) is 11.9. The van der Waals surface area contributed by atoms with Gasteiger partial charge in [0.25, 0.3) is 5.19 Å². The molecule has 3 aromatic rings.